The van der Waals surface area contributed by atoms with Gasteiger partial charge in [-0.05, 0) is 61.8 Å². The fraction of sp³-hybridized carbons (Fsp3) is 0.368. The van der Waals surface area contributed by atoms with E-state index in [2.05, 4.69) is 50.2 Å². The zero-order valence-corrected chi connectivity index (χ0v) is 12.4. The van der Waals surface area contributed by atoms with Gasteiger partial charge < -0.3 is 5.73 Å². The Bertz CT molecular complexity index is 607. The van der Waals surface area contributed by atoms with Gasteiger partial charge in [0.15, 0.2) is 0 Å². The van der Waals surface area contributed by atoms with E-state index in [-0.39, 0.29) is 6.04 Å². The SMILES string of the molecule is Cc1cc(C)cc(C(N)c2ccc3c(c2)CCCC3)c1. The number of hydrogen-bond donors (Lipinski definition) is 1. The highest BCUT2D eigenvalue weighted by Crippen LogP contribution is 2.27. The standard InChI is InChI=1S/C19H23N/c1-13-9-14(2)11-18(10-13)19(20)17-8-7-15-5-3-4-6-16(15)12-17/h7-12,19H,3-6,20H2,1-2H3. The molecule has 104 valence electrons. The van der Waals surface area contributed by atoms with Gasteiger partial charge in [0.05, 0.1) is 6.04 Å². The Kier molecular flexibility index (Phi) is 3.62. The molecule has 0 bridgehead atoms. The van der Waals surface area contributed by atoms with Crippen LogP contribution in [-0.4, -0.2) is 0 Å². The number of nitrogens with two attached hydrogens (primary N) is 1. The second-order valence-corrected chi connectivity index (χ2v) is 6.13. The molecule has 1 atom stereocenters. The maximum Gasteiger partial charge on any atom is 0.0551 e. The Hall–Kier alpha value is -1.60. The van der Waals surface area contributed by atoms with E-state index in [1.807, 2.05) is 0 Å². The van der Waals surface area contributed by atoms with Gasteiger partial charge in [-0.3, -0.25) is 0 Å². The zero-order chi connectivity index (χ0) is 14.1. The van der Waals surface area contributed by atoms with Gasteiger partial charge in [0.1, 0.15) is 0 Å². The molecule has 3 rings (SSSR count). The van der Waals surface area contributed by atoms with Crippen molar-refractivity contribution in [3.8, 4) is 0 Å². The second kappa shape index (κ2) is 5.41. The van der Waals surface area contributed by atoms with E-state index in [1.54, 1.807) is 0 Å². The van der Waals surface area contributed by atoms with Crippen LogP contribution < -0.4 is 5.73 Å². The van der Waals surface area contributed by atoms with Gasteiger partial charge >= 0.3 is 0 Å². The van der Waals surface area contributed by atoms with Crippen molar-refractivity contribution < 1.29 is 0 Å². The van der Waals surface area contributed by atoms with E-state index in [0.29, 0.717) is 0 Å². The molecule has 0 spiro atoms. The Morgan fingerprint density at radius 2 is 1.45 bits per heavy atom. The second-order valence-electron chi connectivity index (χ2n) is 6.13. The van der Waals surface area contributed by atoms with Crippen LogP contribution in [0.25, 0.3) is 0 Å². The van der Waals surface area contributed by atoms with E-state index in [0.717, 1.165) is 0 Å². The fourth-order valence-electron chi connectivity index (χ4n) is 3.33. The van der Waals surface area contributed by atoms with Gasteiger partial charge in [0, 0.05) is 0 Å². The van der Waals surface area contributed by atoms with Gasteiger partial charge in [-0.1, -0.05) is 47.5 Å². The summed E-state index contributed by atoms with van der Waals surface area (Å²) < 4.78 is 0. The molecule has 2 N–H and O–H groups in total. The molecular weight excluding hydrogens is 242 g/mol. The topological polar surface area (TPSA) is 26.0 Å². The van der Waals surface area contributed by atoms with E-state index in [1.165, 1.54) is 59.1 Å². The minimum absolute atomic E-state index is 0.0131. The number of hydrogen-bond acceptors (Lipinski definition) is 1. The van der Waals surface area contributed by atoms with Crippen molar-refractivity contribution in [2.45, 2.75) is 45.6 Å². The molecule has 1 aliphatic rings. The lowest BCUT2D eigenvalue weighted by atomic mass is 9.88. The molecule has 1 nitrogen and oxygen atoms in total. The highest BCUT2D eigenvalue weighted by molar-refractivity contribution is 5.40. The molecule has 0 saturated carbocycles. The third-order valence-electron chi connectivity index (χ3n) is 4.33. The molecule has 0 aliphatic heterocycles. The molecular formula is C19H23N. The van der Waals surface area contributed by atoms with Gasteiger partial charge in [-0.25, -0.2) is 0 Å². The van der Waals surface area contributed by atoms with Crippen molar-refractivity contribution in [3.63, 3.8) is 0 Å². The van der Waals surface area contributed by atoms with Crippen molar-refractivity contribution in [3.05, 3.63) is 69.8 Å². The van der Waals surface area contributed by atoms with E-state index >= 15 is 0 Å². The summed E-state index contributed by atoms with van der Waals surface area (Å²) in [6.45, 7) is 4.27. The van der Waals surface area contributed by atoms with Crippen molar-refractivity contribution >= 4 is 0 Å². The van der Waals surface area contributed by atoms with E-state index in [9.17, 15) is 0 Å². The monoisotopic (exact) mass is 265 g/mol. The van der Waals surface area contributed by atoms with Crippen LogP contribution in [0, 0.1) is 13.8 Å². The Morgan fingerprint density at radius 3 is 2.15 bits per heavy atom. The lowest BCUT2D eigenvalue weighted by Gasteiger charge is -2.20. The quantitative estimate of drug-likeness (QED) is 0.864. The Morgan fingerprint density at radius 1 is 0.800 bits per heavy atom. The summed E-state index contributed by atoms with van der Waals surface area (Å²) in [6.07, 6.45) is 5.09. The first-order chi connectivity index (χ1) is 9.63. The molecule has 2 aromatic carbocycles. The molecule has 20 heavy (non-hydrogen) atoms. The van der Waals surface area contributed by atoms with Crippen molar-refractivity contribution in [1.29, 1.82) is 0 Å². The number of aryl methyl sites for hydroxylation is 4. The molecule has 1 unspecified atom stereocenters. The lowest BCUT2D eigenvalue weighted by molar-refractivity contribution is 0.682. The fourth-order valence-corrected chi connectivity index (χ4v) is 3.33. The number of rotatable bonds is 2. The molecule has 0 aromatic heterocycles. The molecule has 1 heteroatoms. The van der Waals surface area contributed by atoms with Crippen LogP contribution in [0.1, 0.15) is 52.3 Å². The van der Waals surface area contributed by atoms with E-state index in [4.69, 9.17) is 5.73 Å². The van der Waals surface area contributed by atoms with Crippen molar-refractivity contribution in [2.24, 2.45) is 5.73 Å². The first-order valence-electron chi connectivity index (χ1n) is 7.59. The summed E-state index contributed by atoms with van der Waals surface area (Å²) in [5.41, 5.74) is 14.6. The van der Waals surface area contributed by atoms with Crippen LogP contribution in [0.2, 0.25) is 0 Å². The Balaban J connectivity index is 1.95. The van der Waals surface area contributed by atoms with E-state index < -0.39 is 0 Å². The highest BCUT2D eigenvalue weighted by Gasteiger charge is 2.14. The highest BCUT2D eigenvalue weighted by atomic mass is 14.6. The third-order valence-corrected chi connectivity index (χ3v) is 4.33. The molecule has 0 fully saturated rings. The number of fused-ring (bicyclic) bond motifs is 1. The molecule has 0 radical (unpaired) electrons. The average Bonchev–Trinajstić information content (AvgIpc) is 2.45. The van der Waals surface area contributed by atoms with Gasteiger partial charge in [0.2, 0.25) is 0 Å². The van der Waals surface area contributed by atoms with Crippen molar-refractivity contribution in [2.75, 3.05) is 0 Å². The summed E-state index contributed by atoms with van der Waals surface area (Å²) >= 11 is 0. The molecule has 1 aliphatic carbocycles. The summed E-state index contributed by atoms with van der Waals surface area (Å²) in [5.74, 6) is 0. The van der Waals surface area contributed by atoms with Crippen LogP contribution in [0.3, 0.4) is 0 Å². The minimum Gasteiger partial charge on any atom is -0.320 e. The Labute approximate surface area is 121 Å². The summed E-state index contributed by atoms with van der Waals surface area (Å²) in [5, 5.41) is 0. The van der Waals surface area contributed by atoms with Crippen LogP contribution >= 0.6 is 0 Å². The van der Waals surface area contributed by atoms with Crippen LogP contribution in [0.5, 0.6) is 0 Å². The van der Waals surface area contributed by atoms with Crippen LogP contribution in [0.4, 0.5) is 0 Å². The predicted molar refractivity (Wildman–Crippen MR) is 85.0 cm³/mol. The van der Waals surface area contributed by atoms with Crippen molar-refractivity contribution in [1.82, 2.24) is 0 Å². The average molecular weight is 265 g/mol. The zero-order valence-electron chi connectivity index (χ0n) is 12.4. The maximum absolute atomic E-state index is 6.49. The summed E-state index contributed by atoms with van der Waals surface area (Å²) in [4.78, 5) is 0. The largest absolute Gasteiger partial charge is 0.320 e. The minimum atomic E-state index is -0.0131. The molecule has 0 heterocycles. The summed E-state index contributed by atoms with van der Waals surface area (Å²) in [7, 11) is 0. The van der Waals surface area contributed by atoms with Crippen LogP contribution in [-0.2, 0) is 12.8 Å². The lowest BCUT2D eigenvalue weighted by Crippen LogP contribution is -2.14. The molecule has 0 amide bonds. The molecule has 0 saturated heterocycles. The predicted octanol–water partition coefficient (Wildman–Crippen LogP) is 4.23. The first-order valence-corrected chi connectivity index (χ1v) is 7.59. The van der Waals surface area contributed by atoms with Gasteiger partial charge in [-0.15, -0.1) is 0 Å². The molecule has 2 aromatic rings. The normalized spacial score (nSPS) is 15.8. The first kappa shape index (κ1) is 13.4. The third kappa shape index (κ3) is 2.64. The van der Waals surface area contributed by atoms with Gasteiger partial charge in [0.25, 0.3) is 0 Å². The number of benzene rings is 2. The smallest absolute Gasteiger partial charge is 0.0551 e. The van der Waals surface area contributed by atoms with Crippen LogP contribution in [0.15, 0.2) is 36.4 Å². The summed E-state index contributed by atoms with van der Waals surface area (Å²) in [6, 6.07) is 13.4. The maximum atomic E-state index is 6.49. The van der Waals surface area contributed by atoms with Gasteiger partial charge in [-0.2, -0.15) is 0 Å².